The van der Waals surface area contributed by atoms with Gasteiger partial charge in [-0.05, 0) is 25.2 Å². The minimum atomic E-state index is -2.52. The number of amides is 3. The Morgan fingerprint density at radius 2 is 1.94 bits per heavy atom. The Morgan fingerprint density at radius 1 is 1.28 bits per heavy atom. The lowest BCUT2D eigenvalue weighted by Crippen LogP contribution is -2.50. The predicted octanol–water partition coefficient (Wildman–Crippen LogP) is 2.14. The fourth-order valence-corrected chi connectivity index (χ4v) is 2.55. The van der Waals surface area contributed by atoms with Crippen LogP contribution in [0.1, 0.15) is 38.5 Å². The Hall–Kier alpha value is -1.20. The molecule has 0 atom stereocenters. The molecule has 2 rings (SSSR count). The van der Waals surface area contributed by atoms with E-state index in [1.165, 1.54) is 4.90 Å². The molecular weight excluding hydrogens is 242 g/mol. The van der Waals surface area contributed by atoms with Crippen LogP contribution in [0.5, 0.6) is 0 Å². The maximum absolute atomic E-state index is 13.0. The first-order valence-electron chi connectivity index (χ1n) is 6.44. The van der Waals surface area contributed by atoms with Gasteiger partial charge in [0.15, 0.2) is 0 Å². The van der Waals surface area contributed by atoms with E-state index in [0.29, 0.717) is 38.8 Å². The zero-order valence-electron chi connectivity index (χ0n) is 10.3. The maximum atomic E-state index is 13.0. The molecule has 1 saturated heterocycles. The summed E-state index contributed by atoms with van der Waals surface area (Å²) in [6.07, 6.45) is 1.78. The number of nitrogens with one attached hydrogen (secondary N) is 1. The lowest BCUT2D eigenvalue weighted by atomic mass is 9.84. The summed E-state index contributed by atoms with van der Waals surface area (Å²) >= 11 is 0. The van der Waals surface area contributed by atoms with E-state index in [1.807, 2.05) is 0 Å². The predicted molar refractivity (Wildman–Crippen MR) is 61.3 cm³/mol. The second kappa shape index (κ2) is 5.20. The Morgan fingerprint density at radius 3 is 2.56 bits per heavy atom. The van der Waals surface area contributed by atoms with Crippen LogP contribution in [-0.2, 0) is 4.79 Å². The second-order valence-corrected chi connectivity index (χ2v) is 5.12. The van der Waals surface area contributed by atoms with Gasteiger partial charge in [-0.2, -0.15) is 0 Å². The van der Waals surface area contributed by atoms with Gasteiger partial charge in [0.1, 0.15) is 0 Å². The third-order valence-corrected chi connectivity index (χ3v) is 3.76. The molecule has 4 nitrogen and oxygen atoms in total. The molecule has 0 aromatic carbocycles. The van der Waals surface area contributed by atoms with E-state index in [4.69, 9.17) is 0 Å². The first-order chi connectivity index (χ1) is 8.48. The molecule has 18 heavy (non-hydrogen) atoms. The first-order valence-corrected chi connectivity index (χ1v) is 6.44. The number of urea groups is 1. The van der Waals surface area contributed by atoms with Crippen LogP contribution in [0, 0.1) is 5.92 Å². The van der Waals surface area contributed by atoms with E-state index >= 15 is 0 Å². The molecule has 0 spiro atoms. The fraction of sp³-hybridized carbons (Fsp3) is 0.833. The van der Waals surface area contributed by atoms with E-state index in [9.17, 15) is 18.4 Å². The smallest absolute Gasteiger partial charge is 0.324 e. The molecule has 0 aromatic heterocycles. The van der Waals surface area contributed by atoms with E-state index in [1.54, 1.807) is 0 Å². The number of imide groups is 1. The van der Waals surface area contributed by atoms with Gasteiger partial charge in [-0.25, -0.2) is 13.6 Å². The summed E-state index contributed by atoms with van der Waals surface area (Å²) in [5.74, 6) is -2.48. The van der Waals surface area contributed by atoms with Gasteiger partial charge in [-0.3, -0.25) is 9.69 Å². The summed E-state index contributed by atoms with van der Waals surface area (Å²) in [7, 11) is 0. The quantitative estimate of drug-likeness (QED) is 0.845. The number of carbonyl (C=O) groups is 2. The van der Waals surface area contributed by atoms with E-state index in [2.05, 4.69) is 5.32 Å². The van der Waals surface area contributed by atoms with Crippen LogP contribution in [0.4, 0.5) is 13.6 Å². The van der Waals surface area contributed by atoms with Crippen LogP contribution in [-0.4, -0.2) is 35.9 Å². The summed E-state index contributed by atoms with van der Waals surface area (Å²) < 4.78 is 25.9. The normalized spacial score (nSPS) is 25.1. The highest BCUT2D eigenvalue weighted by Crippen LogP contribution is 2.37. The largest absolute Gasteiger partial charge is 0.337 e. The molecule has 102 valence electrons. The van der Waals surface area contributed by atoms with Gasteiger partial charge in [-0.15, -0.1) is 0 Å². The van der Waals surface area contributed by atoms with Gasteiger partial charge in [-0.1, -0.05) is 0 Å². The third-order valence-electron chi connectivity index (χ3n) is 3.76. The van der Waals surface area contributed by atoms with E-state index < -0.39 is 5.92 Å². The van der Waals surface area contributed by atoms with Crippen LogP contribution in [0.15, 0.2) is 0 Å². The Balaban J connectivity index is 1.78. The minimum Gasteiger partial charge on any atom is -0.337 e. The molecule has 0 unspecified atom stereocenters. The molecule has 1 saturated carbocycles. The molecule has 1 N–H and O–H groups in total. The number of hydrogen-bond acceptors (Lipinski definition) is 2. The number of carbonyl (C=O) groups excluding carboxylic acids is 2. The molecule has 0 radical (unpaired) electrons. The molecule has 2 aliphatic rings. The molecule has 1 aliphatic carbocycles. The van der Waals surface area contributed by atoms with Crippen molar-refractivity contribution in [3.8, 4) is 0 Å². The van der Waals surface area contributed by atoms with Crippen molar-refractivity contribution in [2.24, 2.45) is 5.92 Å². The van der Waals surface area contributed by atoms with Crippen molar-refractivity contribution in [2.45, 2.75) is 44.4 Å². The fourth-order valence-electron chi connectivity index (χ4n) is 2.55. The standard InChI is InChI=1S/C12H18F2N2O2/c13-12(14)5-1-9(2-6-12)4-8-16-10(17)3-7-15-11(16)18/h9H,1-8H2,(H,15,18). The monoisotopic (exact) mass is 260 g/mol. The maximum Gasteiger partial charge on any atom is 0.324 e. The molecule has 0 aromatic rings. The van der Waals surface area contributed by atoms with Crippen molar-refractivity contribution >= 4 is 11.9 Å². The van der Waals surface area contributed by atoms with Crippen LogP contribution >= 0.6 is 0 Å². The molecule has 1 aliphatic heterocycles. The minimum absolute atomic E-state index is 0.0716. The van der Waals surface area contributed by atoms with Crippen molar-refractivity contribution in [1.29, 1.82) is 0 Å². The topological polar surface area (TPSA) is 49.4 Å². The Labute approximate surface area is 105 Å². The molecule has 3 amide bonds. The number of alkyl halides is 2. The Kier molecular flexibility index (Phi) is 3.82. The summed E-state index contributed by atoms with van der Waals surface area (Å²) in [5, 5.41) is 2.61. The van der Waals surface area contributed by atoms with Gasteiger partial charge in [0.2, 0.25) is 11.8 Å². The van der Waals surface area contributed by atoms with Crippen molar-refractivity contribution < 1.29 is 18.4 Å². The van der Waals surface area contributed by atoms with Gasteiger partial charge in [0.05, 0.1) is 0 Å². The summed E-state index contributed by atoms with van der Waals surface area (Å²) in [6.45, 7) is 0.741. The van der Waals surface area contributed by atoms with E-state index in [0.717, 1.165) is 0 Å². The van der Waals surface area contributed by atoms with Gasteiger partial charge >= 0.3 is 6.03 Å². The van der Waals surface area contributed by atoms with E-state index in [-0.39, 0.29) is 30.7 Å². The highest BCUT2D eigenvalue weighted by Gasteiger charge is 2.35. The zero-order valence-corrected chi connectivity index (χ0v) is 10.3. The molecule has 2 fully saturated rings. The first kappa shape index (κ1) is 13.2. The molecule has 0 bridgehead atoms. The van der Waals surface area contributed by atoms with Crippen LogP contribution in [0.25, 0.3) is 0 Å². The van der Waals surface area contributed by atoms with Crippen molar-refractivity contribution in [3.05, 3.63) is 0 Å². The molecule has 6 heteroatoms. The highest BCUT2D eigenvalue weighted by atomic mass is 19.3. The van der Waals surface area contributed by atoms with Crippen molar-refractivity contribution in [3.63, 3.8) is 0 Å². The van der Waals surface area contributed by atoms with Gasteiger partial charge in [0.25, 0.3) is 0 Å². The van der Waals surface area contributed by atoms with Gasteiger partial charge in [0, 0.05) is 32.4 Å². The zero-order chi connectivity index (χ0) is 13.2. The summed E-state index contributed by atoms with van der Waals surface area (Å²) in [6, 6.07) is -0.354. The average Bonchev–Trinajstić information content (AvgIpc) is 2.30. The van der Waals surface area contributed by atoms with Crippen LogP contribution in [0.2, 0.25) is 0 Å². The SMILES string of the molecule is O=C1CCNC(=O)N1CCC1CCC(F)(F)CC1. The van der Waals surface area contributed by atoms with Crippen molar-refractivity contribution in [2.75, 3.05) is 13.1 Å². The van der Waals surface area contributed by atoms with Crippen molar-refractivity contribution in [1.82, 2.24) is 10.2 Å². The second-order valence-electron chi connectivity index (χ2n) is 5.12. The van der Waals surface area contributed by atoms with Crippen LogP contribution in [0.3, 0.4) is 0 Å². The number of hydrogen-bond donors (Lipinski definition) is 1. The van der Waals surface area contributed by atoms with Gasteiger partial charge < -0.3 is 5.32 Å². The lowest BCUT2D eigenvalue weighted by Gasteiger charge is -2.31. The average molecular weight is 260 g/mol. The number of rotatable bonds is 3. The lowest BCUT2D eigenvalue weighted by molar-refractivity contribution is -0.129. The molecular formula is C12H18F2N2O2. The third kappa shape index (κ3) is 3.17. The highest BCUT2D eigenvalue weighted by molar-refractivity contribution is 5.96. The summed E-state index contributed by atoms with van der Waals surface area (Å²) in [5.41, 5.74) is 0. The number of halogens is 2. The number of nitrogens with zero attached hydrogens (tertiary/aromatic N) is 1. The van der Waals surface area contributed by atoms with Crippen LogP contribution < -0.4 is 5.32 Å². The summed E-state index contributed by atoms with van der Waals surface area (Å²) in [4.78, 5) is 24.2. The molecule has 1 heterocycles. The Bertz CT molecular complexity index is 321.